The zero-order valence-corrected chi connectivity index (χ0v) is 15.0. The van der Waals surface area contributed by atoms with E-state index in [1.54, 1.807) is 24.7 Å². The van der Waals surface area contributed by atoms with Crippen molar-refractivity contribution in [2.24, 2.45) is 0 Å². The number of sulfonamides is 1. The molecule has 0 unspecified atom stereocenters. The first kappa shape index (κ1) is 17.8. The summed E-state index contributed by atoms with van der Waals surface area (Å²) in [7, 11) is -0.821. The predicted octanol–water partition coefficient (Wildman–Crippen LogP) is 1.16. The van der Waals surface area contributed by atoms with Crippen LogP contribution in [0, 0.1) is 0 Å². The summed E-state index contributed by atoms with van der Waals surface area (Å²) in [5.41, 5.74) is 1.20. The summed E-state index contributed by atoms with van der Waals surface area (Å²) in [6, 6.07) is 7.96. The number of hydrogen-bond acceptors (Lipinski definition) is 7. The van der Waals surface area contributed by atoms with Gasteiger partial charge in [-0.1, -0.05) is 5.21 Å². The van der Waals surface area contributed by atoms with Gasteiger partial charge in [-0.15, -0.1) is 5.10 Å². The molecule has 2 heterocycles. The summed E-state index contributed by atoms with van der Waals surface area (Å²) in [6.07, 6.45) is 4.92. The molecule has 0 aliphatic rings. The van der Waals surface area contributed by atoms with Gasteiger partial charge in [-0.2, -0.15) is 0 Å². The highest BCUT2D eigenvalue weighted by Crippen LogP contribution is 2.29. The number of nitrogens with zero attached hydrogens (tertiary/aromatic N) is 4. The maximum absolute atomic E-state index is 12.5. The lowest BCUT2D eigenvalue weighted by Gasteiger charge is -2.10. The van der Waals surface area contributed by atoms with Gasteiger partial charge in [-0.05, 0) is 24.3 Å². The van der Waals surface area contributed by atoms with Gasteiger partial charge >= 0.3 is 0 Å². The van der Waals surface area contributed by atoms with Gasteiger partial charge in [0.2, 0.25) is 10.0 Å². The first-order chi connectivity index (χ1) is 12.5. The van der Waals surface area contributed by atoms with Gasteiger partial charge in [0.25, 0.3) is 0 Å². The quantitative estimate of drug-likeness (QED) is 0.660. The summed E-state index contributed by atoms with van der Waals surface area (Å²) in [5, 5.41) is 7.93. The second kappa shape index (κ2) is 7.50. The largest absolute Gasteiger partial charge is 0.493 e. The highest BCUT2D eigenvalue weighted by Gasteiger charge is 2.17. The lowest BCUT2D eigenvalue weighted by atomic mass is 10.3. The minimum Gasteiger partial charge on any atom is -0.493 e. The van der Waals surface area contributed by atoms with Crippen LogP contribution < -0.4 is 14.2 Å². The van der Waals surface area contributed by atoms with Crippen molar-refractivity contribution in [1.29, 1.82) is 0 Å². The zero-order valence-electron chi connectivity index (χ0n) is 14.2. The second-order valence-corrected chi connectivity index (χ2v) is 6.97. The fourth-order valence-corrected chi connectivity index (χ4v) is 3.24. The number of aromatic nitrogens is 4. The van der Waals surface area contributed by atoms with Gasteiger partial charge in [0, 0.05) is 12.3 Å². The molecule has 0 atom stereocenters. The number of rotatable bonds is 7. The van der Waals surface area contributed by atoms with Gasteiger partial charge in [0.1, 0.15) is 0 Å². The van der Waals surface area contributed by atoms with E-state index in [-0.39, 0.29) is 11.4 Å². The zero-order chi connectivity index (χ0) is 18.6. The molecule has 1 N–H and O–H groups in total. The monoisotopic (exact) mass is 375 g/mol. The van der Waals surface area contributed by atoms with Gasteiger partial charge < -0.3 is 9.47 Å². The molecule has 0 spiro atoms. The molecule has 0 radical (unpaired) electrons. The maximum Gasteiger partial charge on any atom is 0.241 e. The Balaban J connectivity index is 1.74. The van der Waals surface area contributed by atoms with E-state index in [1.807, 2.05) is 6.07 Å². The second-order valence-electron chi connectivity index (χ2n) is 5.21. The molecule has 3 aromatic rings. The molecule has 0 aliphatic heterocycles. The van der Waals surface area contributed by atoms with Crippen LogP contribution in [0.15, 0.2) is 53.8 Å². The van der Waals surface area contributed by atoms with Crippen LogP contribution in [-0.4, -0.2) is 42.6 Å². The van der Waals surface area contributed by atoms with Crippen LogP contribution in [0.5, 0.6) is 11.5 Å². The van der Waals surface area contributed by atoms with E-state index in [4.69, 9.17) is 9.47 Å². The number of nitrogens with one attached hydrogen (secondary N) is 1. The van der Waals surface area contributed by atoms with E-state index < -0.39 is 10.0 Å². The maximum atomic E-state index is 12.5. The number of methoxy groups -OCH3 is 2. The average molecular weight is 375 g/mol. The number of ether oxygens (including phenoxy) is 2. The molecule has 3 rings (SSSR count). The summed E-state index contributed by atoms with van der Waals surface area (Å²) in [6.45, 7) is -0.00304. The van der Waals surface area contributed by atoms with Crippen LogP contribution in [0.1, 0.15) is 5.69 Å². The smallest absolute Gasteiger partial charge is 0.241 e. The van der Waals surface area contributed by atoms with Crippen LogP contribution in [0.4, 0.5) is 0 Å². The number of pyridine rings is 1. The van der Waals surface area contributed by atoms with Crippen LogP contribution in [0.3, 0.4) is 0 Å². The van der Waals surface area contributed by atoms with Crippen molar-refractivity contribution < 1.29 is 17.9 Å². The Morgan fingerprint density at radius 1 is 1.15 bits per heavy atom. The first-order valence-corrected chi connectivity index (χ1v) is 9.05. The summed E-state index contributed by atoms with van der Waals surface area (Å²) in [5.74, 6) is 0.781. The van der Waals surface area contributed by atoms with Crippen molar-refractivity contribution in [3.05, 3.63) is 54.6 Å². The van der Waals surface area contributed by atoms with Gasteiger partial charge in [0.15, 0.2) is 11.5 Å². The molecule has 136 valence electrons. The lowest BCUT2D eigenvalue weighted by molar-refractivity contribution is 0.354. The Labute approximate surface area is 150 Å². The normalized spacial score (nSPS) is 11.3. The third-order valence-electron chi connectivity index (χ3n) is 3.56. The summed E-state index contributed by atoms with van der Waals surface area (Å²) < 4.78 is 39.2. The standard InChI is InChI=1S/C16H17N5O4S/c1-24-15-6-5-14(8-16(15)25-2)26(22,23)18-9-12-11-21(20-19-12)13-4-3-7-17-10-13/h3-8,10-11,18H,9H2,1-2H3. The van der Waals surface area contributed by atoms with E-state index in [0.29, 0.717) is 17.2 Å². The van der Waals surface area contributed by atoms with Crippen molar-refractivity contribution in [3.8, 4) is 17.2 Å². The molecule has 1 aromatic carbocycles. The molecule has 0 saturated carbocycles. The van der Waals surface area contributed by atoms with Crippen molar-refractivity contribution in [1.82, 2.24) is 24.7 Å². The predicted molar refractivity (Wildman–Crippen MR) is 92.7 cm³/mol. The van der Waals surface area contributed by atoms with Crippen molar-refractivity contribution >= 4 is 10.0 Å². The van der Waals surface area contributed by atoms with Crippen molar-refractivity contribution in [2.45, 2.75) is 11.4 Å². The SMILES string of the molecule is COc1ccc(S(=O)(=O)NCc2cn(-c3cccnc3)nn2)cc1OC. The lowest BCUT2D eigenvalue weighted by Crippen LogP contribution is -2.23. The van der Waals surface area contributed by atoms with E-state index in [2.05, 4.69) is 20.0 Å². The third kappa shape index (κ3) is 3.81. The molecule has 26 heavy (non-hydrogen) atoms. The van der Waals surface area contributed by atoms with Crippen LogP contribution in [-0.2, 0) is 16.6 Å². The van der Waals surface area contributed by atoms with Crippen molar-refractivity contribution in [2.75, 3.05) is 14.2 Å². The fourth-order valence-electron chi connectivity index (χ4n) is 2.23. The minimum absolute atomic E-state index is 0.00304. The minimum atomic E-state index is -3.75. The molecular formula is C16H17N5O4S. The summed E-state index contributed by atoms with van der Waals surface area (Å²) in [4.78, 5) is 4.07. The van der Waals surface area contributed by atoms with E-state index in [9.17, 15) is 8.42 Å². The highest BCUT2D eigenvalue weighted by molar-refractivity contribution is 7.89. The Morgan fingerprint density at radius 3 is 2.65 bits per heavy atom. The van der Waals surface area contributed by atoms with Gasteiger partial charge in [-0.3, -0.25) is 4.98 Å². The molecule has 0 saturated heterocycles. The molecule has 2 aromatic heterocycles. The molecule has 0 fully saturated rings. The number of benzene rings is 1. The van der Waals surface area contributed by atoms with Gasteiger partial charge in [-0.25, -0.2) is 17.8 Å². The molecule has 10 heteroatoms. The van der Waals surface area contributed by atoms with E-state index in [1.165, 1.54) is 37.1 Å². The molecule has 9 nitrogen and oxygen atoms in total. The van der Waals surface area contributed by atoms with E-state index in [0.717, 1.165) is 5.69 Å². The highest BCUT2D eigenvalue weighted by atomic mass is 32.2. The summed E-state index contributed by atoms with van der Waals surface area (Å²) >= 11 is 0. The Morgan fingerprint density at radius 2 is 1.96 bits per heavy atom. The number of hydrogen-bond donors (Lipinski definition) is 1. The average Bonchev–Trinajstić information content (AvgIpc) is 3.15. The molecular weight excluding hydrogens is 358 g/mol. The molecule has 0 amide bonds. The van der Waals surface area contributed by atoms with Crippen LogP contribution in [0.25, 0.3) is 5.69 Å². The fraction of sp³-hybridized carbons (Fsp3) is 0.188. The van der Waals surface area contributed by atoms with Crippen molar-refractivity contribution in [3.63, 3.8) is 0 Å². The van der Waals surface area contributed by atoms with E-state index >= 15 is 0 Å². The topological polar surface area (TPSA) is 108 Å². The van der Waals surface area contributed by atoms with Crippen LogP contribution >= 0.6 is 0 Å². The van der Waals surface area contributed by atoms with Crippen LogP contribution in [0.2, 0.25) is 0 Å². The molecule has 0 bridgehead atoms. The van der Waals surface area contributed by atoms with Gasteiger partial charge in [0.05, 0.1) is 49.4 Å². The Kier molecular flexibility index (Phi) is 5.14. The Hall–Kier alpha value is -2.98. The molecule has 0 aliphatic carbocycles. The third-order valence-corrected chi connectivity index (χ3v) is 4.96. The first-order valence-electron chi connectivity index (χ1n) is 7.57. The Bertz CT molecular complexity index is 989.